The van der Waals surface area contributed by atoms with E-state index in [1.165, 1.54) is 12.8 Å². The molecule has 1 nitrogen and oxygen atoms in total. The molecule has 2 atom stereocenters. The maximum absolute atomic E-state index is 11.7. The van der Waals surface area contributed by atoms with Crippen molar-refractivity contribution in [1.29, 1.82) is 0 Å². The van der Waals surface area contributed by atoms with Gasteiger partial charge in [-0.25, -0.2) is 0 Å². The Hall–Kier alpha value is 0.100. The summed E-state index contributed by atoms with van der Waals surface area (Å²) >= 11 is 0. The molecule has 0 rings (SSSR count). The van der Waals surface area contributed by atoms with Gasteiger partial charge in [-0.15, -0.1) is 0 Å². The van der Waals surface area contributed by atoms with Gasteiger partial charge in [-0.05, 0) is 19.3 Å². The van der Waals surface area contributed by atoms with Gasteiger partial charge < -0.3 is 0 Å². The molecule has 0 bridgehead atoms. The molecule has 0 fully saturated rings. The van der Waals surface area contributed by atoms with Crippen molar-refractivity contribution < 1.29 is 4.57 Å². The highest BCUT2D eigenvalue weighted by Crippen LogP contribution is 2.34. The first kappa shape index (κ1) is 12.1. The minimum absolute atomic E-state index is 0.497. The molecule has 0 saturated carbocycles. The van der Waals surface area contributed by atoms with Crippen LogP contribution in [0.2, 0.25) is 0 Å². The van der Waals surface area contributed by atoms with Crippen LogP contribution in [-0.2, 0) is 4.57 Å². The lowest BCUT2D eigenvalue weighted by atomic mass is 10.2. The summed E-state index contributed by atoms with van der Waals surface area (Å²) in [7, 11) is -0.906. The van der Waals surface area contributed by atoms with E-state index in [1.807, 2.05) is 0 Å². The van der Waals surface area contributed by atoms with Crippen LogP contribution in [0.15, 0.2) is 0 Å². The van der Waals surface area contributed by atoms with Crippen LogP contribution in [0.5, 0.6) is 0 Å². The molecular formula is C10H22OP+. The number of unbranched alkanes of at least 4 members (excludes halogenated alkanes) is 1. The van der Waals surface area contributed by atoms with E-state index in [-0.39, 0.29) is 0 Å². The zero-order chi connectivity index (χ0) is 9.40. The predicted molar refractivity (Wildman–Crippen MR) is 56.4 cm³/mol. The van der Waals surface area contributed by atoms with Crippen molar-refractivity contribution in [3.8, 4) is 0 Å². The second kappa shape index (κ2) is 7.73. The minimum Gasteiger partial charge on any atom is -0.0745 e. The monoisotopic (exact) mass is 189 g/mol. The fourth-order valence-electron chi connectivity index (χ4n) is 1.38. The van der Waals surface area contributed by atoms with E-state index < -0.39 is 7.80 Å². The second-order valence-electron chi connectivity index (χ2n) is 3.34. The summed E-state index contributed by atoms with van der Waals surface area (Å²) in [4.78, 5) is 0. The van der Waals surface area contributed by atoms with E-state index in [2.05, 4.69) is 20.8 Å². The number of hydrogen-bond donors (Lipinski definition) is 0. The smallest absolute Gasteiger partial charge is 0.0745 e. The molecule has 72 valence electrons. The Morgan fingerprint density at radius 2 is 1.83 bits per heavy atom. The molecule has 12 heavy (non-hydrogen) atoms. The van der Waals surface area contributed by atoms with Crippen LogP contribution in [-0.4, -0.2) is 11.8 Å². The summed E-state index contributed by atoms with van der Waals surface area (Å²) in [5.41, 5.74) is 0.497. The molecule has 0 amide bonds. The standard InChI is InChI=1S/C10H22OP/c1-4-7-9-12(11)10(6-3)8-5-2/h10H,4-9H2,1-3H3/q+1. The Balaban J connectivity index is 3.69. The van der Waals surface area contributed by atoms with Crippen molar-refractivity contribution in [2.75, 3.05) is 6.16 Å². The lowest BCUT2D eigenvalue weighted by molar-refractivity contribution is 0.565. The third-order valence-corrected chi connectivity index (χ3v) is 4.43. The van der Waals surface area contributed by atoms with Crippen molar-refractivity contribution >= 4 is 7.80 Å². The molecule has 0 aliphatic carbocycles. The van der Waals surface area contributed by atoms with Gasteiger partial charge in [0.2, 0.25) is 0 Å². The largest absolute Gasteiger partial charge is 0.341 e. The molecule has 0 aromatic heterocycles. The Morgan fingerprint density at radius 3 is 2.25 bits per heavy atom. The maximum Gasteiger partial charge on any atom is 0.341 e. The summed E-state index contributed by atoms with van der Waals surface area (Å²) < 4.78 is 11.7. The summed E-state index contributed by atoms with van der Waals surface area (Å²) in [6, 6.07) is 0. The van der Waals surface area contributed by atoms with Crippen molar-refractivity contribution in [1.82, 2.24) is 0 Å². The Kier molecular flexibility index (Phi) is 7.80. The van der Waals surface area contributed by atoms with Gasteiger partial charge in [0.05, 0.1) is 0 Å². The maximum atomic E-state index is 11.7. The number of hydrogen-bond acceptors (Lipinski definition) is 1. The Labute approximate surface area is 77.7 Å². The zero-order valence-corrected chi connectivity index (χ0v) is 9.57. The zero-order valence-electron chi connectivity index (χ0n) is 8.68. The van der Waals surface area contributed by atoms with Gasteiger partial charge in [-0.3, -0.25) is 0 Å². The predicted octanol–water partition coefficient (Wildman–Crippen LogP) is 4.19. The van der Waals surface area contributed by atoms with E-state index in [0.29, 0.717) is 5.66 Å². The van der Waals surface area contributed by atoms with Crippen LogP contribution in [0.25, 0.3) is 0 Å². The van der Waals surface area contributed by atoms with Gasteiger partial charge in [0, 0.05) is 0 Å². The van der Waals surface area contributed by atoms with Gasteiger partial charge in [0.25, 0.3) is 0 Å². The van der Waals surface area contributed by atoms with E-state index in [1.54, 1.807) is 0 Å². The van der Waals surface area contributed by atoms with Crippen molar-refractivity contribution in [3.05, 3.63) is 0 Å². The van der Waals surface area contributed by atoms with Crippen LogP contribution >= 0.6 is 7.80 Å². The Morgan fingerprint density at radius 1 is 1.17 bits per heavy atom. The second-order valence-corrected chi connectivity index (χ2v) is 5.36. The highest BCUT2D eigenvalue weighted by Gasteiger charge is 2.25. The minimum atomic E-state index is -0.906. The first-order valence-corrected chi connectivity index (χ1v) is 6.71. The molecule has 0 saturated heterocycles. The molecule has 0 radical (unpaired) electrons. The van der Waals surface area contributed by atoms with E-state index >= 15 is 0 Å². The SMILES string of the molecule is CCCC[P+](=O)C(CC)CCC. The van der Waals surface area contributed by atoms with Crippen LogP contribution in [0.4, 0.5) is 0 Å². The van der Waals surface area contributed by atoms with E-state index in [4.69, 9.17) is 0 Å². The van der Waals surface area contributed by atoms with Crippen molar-refractivity contribution in [3.63, 3.8) is 0 Å². The molecular weight excluding hydrogens is 167 g/mol. The third kappa shape index (κ3) is 4.87. The fraction of sp³-hybridized carbons (Fsp3) is 1.00. The van der Waals surface area contributed by atoms with Gasteiger partial charge in [-0.1, -0.05) is 38.2 Å². The summed E-state index contributed by atoms with van der Waals surface area (Å²) in [6.07, 6.45) is 6.66. The molecule has 0 heterocycles. The quantitative estimate of drug-likeness (QED) is 0.549. The first-order chi connectivity index (χ1) is 5.76. The van der Waals surface area contributed by atoms with Gasteiger partial charge >= 0.3 is 7.80 Å². The first-order valence-electron chi connectivity index (χ1n) is 5.19. The van der Waals surface area contributed by atoms with Crippen LogP contribution < -0.4 is 0 Å². The summed E-state index contributed by atoms with van der Waals surface area (Å²) in [6.45, 7) is 6.48. The van der Waals surface area contributed by atoms with Crippen LogP contribution in [0.1, 0.15) is 52.9 Å². The molecule has 0 aliphatic heterocycles. The lowest BCUT2D eigenvalue weighted by Gasteiger charge is -2.01. The average Bonchev–Trinajstić information content (AvgIpc) is 2.10. The highest BCUT2D eigenvalue weighted by atomic mass is 31.1. The van der Waals surface area contributed by atoms with Crippen molar-refractivity contribution in [2.24, 2.45) is 0 Å². The summed E-state index contributed by atoms with van der Waals surface area (Å²) in [5, 5.41) is 0. The third-order valence-electron chi connectivity index (χ3n) is 2.23. The molecule has 2 heteroatoms. The number of rotatable bonds is 7. The van der Waals surface area contributed by atoms with Gasteiger partial charge in [0.15, 0.2) is 5.66 Å². The molecule has 0 N–H and O–H groups in total. The van der Waals surface area contributed by atoms with E-state index in [9.17, 15) is 4.57 Å². The van der Waals surface area contributed by atoms with Gasteiger partial charge in [-0.2, -0.15) is 0 Å². The Bertz CT molecular complexity index is 123. The highest BCUT2D eigenvalue weighted by molar-refractivity contribution is 7.45. The van der Waals surface area contributed by atoms with Crippen molar-refractivity contribution in [2.45, 2.75) is 58.5 Å². The topological polar surface area (TPSA) is 17.1 Å². The average molecular weight is 189 g/mol. The fourth-order valence-corrected chi connectivity index (χ4v) is 3.33. The molecule has 2 unspecified atom stereocenters. The normalized spacial score (nSPS) is 14.4. The van der Waals surface area contributed by atoms with Gasteiger partial charge in [0.1, 0.15) is 6.16 Å². The molecule has 0 aromatic rings. The molecule has 0 aromatic carbocycles. The molecule has 0 aliphatic rings. The van der Waals surface area contributed by atoms with Crippen LogP contribution in [0.3, 0.4) is 0 Å². The summed E-state index contributed by atoms with van der Waals surface area (Å²) in [5.74, 6) is 0. The molecule has 0 spiro atoms. The lowest BCUT2D eigenvalue weighted by Crippen LogP contribution is -2.01. The van der Waals surface area contributed by atoms with Crippen LogP contribution in [0, 0.1) is 0 Å². The van der Waals surface area contributed by atoms with E-state index in [0.717, 1.165) is 25.4 Å².